The topological polar surface area (TPSA) is 101 Å². The zero-order valence-electron chi connectivity index (χ0n) is 17.1. The van der Waals surface area contributed by atoms with Crippen LogP contribution in [0.25, 0.3) is 11.1 Å². The van der Waals surface area contributed by atoms with Crippen LogP contribution in [0.4, 0.5) is 5.69 Å². The van der Waals surface area contributed by atoms with Crippen LogP contribution in [0.15, 0.2) is 36.4 Å². The lowest BCUT2D eigenvalue weighted by Crippen LogP contribution is -2.40. The van der Waals surface area contributed by atoms with Gasteiger partial charge in [-0.25, -0.2) is 8.42 Å². The van der Waals surface area contributed by atoms with Crippen molar-refractivity contribution < 1.29 is 18.3 Å². The van der Waals surface area contributed by atoms with Crippen LogP contribution in [0.5, 0.6) is 0 Å². The summed E-state index contributed by atoms with van der Waals surface area (Å²) in [6, 6.07) is 11.3. The second-order valence-corrected chi connectivity index (χ2v) is 10.3. The number of aliphatic hydroxyl groups is 1. The number of aryl methyl sites for hydroxylation is 2. The average molecular weight is 417 g/mol. The first kappa shape index (κ1) is 21.3. The normalized spacial score (nSPS) is 19.5. The Morgan fingerprint density at radius 1 is 1.21 bits per heavy atom. The fraction of sp³-hybridized carbons (Fsp3) is 0.409. The van der Waals surface area contributed by atoms with Crippen LogP contribution in [0.1, 0.15) is 23.1 Å². The van der Waals surface area contributed by atoms with E-state index in [4.69, 9.17) is 5.73 Å². The Balaban J connectivity index is 1.97. The summed E-state index contributed by atoms with van der Waals surface area (Å²) in [6.07, 6.45) is 1.67. The molecule has 3 rings (SSSR count). The molecule has 29 heavy (non-hydrogen) atoms. The van der Waals surface area contributed by atoms with Gasteiger partial charge in [0.2, 0.25) is 5.91 Å². The minimum absolute atomic E-state index is 0.0141. The molecule has 2 atom stereocenters. The van der Waals surface area contributed by atoms with E-state index in [1.54, 1.807) is 0 Å². The van der Waals surface area contributed by atoms with E-state index in [9.17, 15) is 18.3 Å². The minimum Gasteiger partial charge on any atom is -0.392 e. The summed E-state index contributed by atoms with van der Waals surface area (Å²) >= 11 is 0. The van der Waals surface area contributed by atoms with Gasteiger partial charge in [-0.15, -0.1) is 0 Å². The smallest absolute Gasteiger partial charge is 0.240 e. The van der Waals surface area contributed by atoms with E-state index in [1.165, 1.54) is 6.26 Å². The van der Waals surface area contributed by atoms with Crippen LogP contribution < -0.4 is 10.6 Å². The predicted molar refractivity (Wildman–Crippen MR) is 115 cm³/mol. The molecule has 3 N–H and O–H groups in total. The summed E-state index contributed by atoms with van der Waals surface area (Å²) in [5.41, 5.74) is 11.6. The molecule has 1 aliphatic heterocycles. The first-order chi connectivity index (χ1) is 13.6. The third-order valence-electron chi connectivity index (χ3n) is 5.50. The molecule has 1 unspecified atom stereocenters. The molecular weight excluding hydrogens is 388 g/mol. The third kappa shape index (κ3) is 4.79. The van der Waals surface area contributed by atoms with Gasteiger partial charge in [-0.1, -0.05) is 18.2 Å². The predicted octanol–water partition coefficient (Wildman–Crippen LogP) is 2.19. The Morgan fingerprint density at radius 2 is 1.86 bits per heavy atom. The fourth-order valence-electron chi connectivity index (χ4n) is 4.41. The molecule has 0 aromatic heterocycles. The SMILES string of the molecule is Cc1cc(N2C[C@H](CS(C)(=O)=O)CC2C(N)=O)cc(C)c1-c1cccc(CO)c1. The number of primary amides is 1. The van der Waals surface area contributed by atoms with Crippen molar-refractivity contribution in [1.29, 1.82) is 0 Å². The number of nitrogens with zero attached hydrogens (tertiary/aromatic N) is 1. The molecule has 0 bridgehead atoms. The van der Waals surface area contributed by atoms with Crippen LogP contribution in [-0.2, 0) is 21.2 Å². The van der Waals surface area contributed by atoms with E-state index in [0.29, 0.717) is 13.0 Å². The first-order valence-electron chi connectivity index (χ1n) is 9.64. The monoisotopic (exact) mass is 416 g/mol. The molecule has 156 valence electrons. The van der Waals surface area contributed by atoms with Crippen molar-refractivity contribution in [2.75, 3.05) is 23.5 Å². The molecule has 2 aromatic carbocycles. The van der Waals surface area contributed by atoms with Gasteiger partial charge < -0.3 is 15.7 Å². The third-order valence-corrected chi connectivity index (χ3v) is 6.58. The Hall–Kier alpha value is -2.38. The van der Waals surface area contributed by atoms with Gasteiger partial charge in [0.15, 0.2) is 0 Å². The highest BCUT2D eigenvalue weighted by Gasteiger charge is 2.37. The molecule has 1 amide bonds. The van der Waals surface area contributed by atoms with E-state index in [0.717, 1.165) is 33.5 Å². The molecule has 0 aliphatic carbocycles. The summed E-state index contributed by atoms with van der Waals surface area (Å²) in [4.78, 5) is 14.0. The maximum Gasteiger partial charge on any atom is 0.240 e. The standard InChI is InChI=1S/C22H28N2O4S/c1-14-7-19(8-15(2)21(14)18-6-4-5-16(9-18)12-25)24-11-17(13-29(3,27)28)10-20(24)22(23)26/h4-9,17,20,25H,10-13H2,1-3H3,(H2,23,26)/t17-,20?/m1/s1. The lowest BCUT2D eigenvalue weighted by atomic mass is 9.93. The second kappa shape index (κ2) is 8.16. The number of benzene rings is 2. The number of carbonyl (C=O) groups is 1. The highest BCUT2D eigenvalue weighted by molar-refractivity contribution is 7.90. The molecular formula is C22H28N2O4S. The summed E-state index contributed by atoms with van der Waals surface area (Å²) in [6.45, 7) is 4.50. The van der Waals surface area contributed by atoms with Gasteiger partial charge in [0, 0.05) is 18.5 Å². The number of aliphatic hydroxyl groups excluding tert-OH is 1. The highest BCUT2D eigenvalue weighted by Crippen LogP contribution is 2.36. The maximum atomic E-state index is 12.0. The number of carbonyl (C=O) groups excluding carboxylic acids is 1. The van der Waals surface area contributed by atoms with Crippen molar-refractivity contribution in [3.8, 4) is 11.1 Å². The van der Waals surface area contributed by atoms with Gasteiger partial charge in [-0.2, -0.15) is 0 Å². The average Bonchev–Trinajstić information content (AvgIpc) is 3.03. The number of sulfone groups is 1. The van der Waals surface area contributed by atoms with E-state index in [2.05, 4.69) is 0 Å². The van der Waals surface area contributed by atoms with E-state index in [1.807, 2.05) is 55.1 Å². The number of hydrogen-bond acceptors (Lipinski definition) is 5. The Morgan fingerprint density at radius 3 is 2.41 bits per heavy atom. The van der Waals surface area contributed by atoms with Crippen molar-refractivity contribution in [2.24, 2.45) is 11.7 Å². The molecule has 1 saturated heterocycles. The Bertz CT molecular complexity index is 1010. The van der Waals surface area contributed by atoms with E-state index in [-0.39, 0.29) is 18.3 Å². The van der Waals surface area contributed by atoms with Crippen molar-refractivity contribution in [3.05, 3.63) is 53.1 Å². The molecule has 6 nitrogen and oxygen atoms in total. The van der Waals surface area contributed by atoms with Gasteiger partial charge in [0.25, 0.3) is 0 Å². The second-order valence-electron chi connectivity index (χ2n) is 8.08. The number of nitrogens with two attached hydrogens (primary N) is 1. The highest BCUT2D eigenvalue weighted by atomic mass is 32.2. The zero-order chi connectivity index (χ0) is 21.3. The van der Waals surface area contributed by atoms with Crippen molar-refractivity contribution in [3.63, 3.8) is 0 Å². The summed E-state index contributed by atoms with van der Waals surface area (Å²) in [5.74, 6) is -0.503. The largest absolute Gasteiger partial charge is 0.392 e. The molecule has 0 saturated carbocycles. The fourth-order valence-corrected chi connectivity index (χ4v) is 5.51. The number of rotatable bonds is 6. The zero-order valence-corrected chi connectivity index (χ0v) is 17.9. The van der Waals surface area contributed by atoms with Crippen LogP contribution in [0.2, 0.25) is 0 Å². The molecule has 7 heteroatoms. The van der Waals surface area contributed by atoms with Gasteiger partial charge in [0.1, 0.15) is 15.9 Å². The molecule has 1 aliphatic rings. The molecule has 2 aromatic rings. The van der Waals surface area contributed by atoms with Crippen molar-refractivity contribution >= 4 is 21.4 Å². The first-order valence-corrected chi connectivity index (χ1v) is 11.7. The minimum atomic E-state index is -3.13. The Labute approximate surface area is 172 Å². The lowest BCUT2D eigenvalue weighted by Gasteiger charge is -2.26. The molecule has 1 fully saturated rings. The summed E-state index contributed by atoms with van der Waals surface area (Å²) in [7, 11) is -3.13. The molecule has 0 spiro atoms. The Kier molecular flexibility index (Phi) is 6.00. The quantitative estimate of drug-likeness (QED) is 0.752. The number of anilines is 1. The van der Waals surface area contributed by atoms with E-state index < -0.39 is 21.8 Å². The van der Waals surface area contributed by atoms with Gasteiger partial charge in [-0.3, -0.25) is 4.79 Å². The molecule has 0 radical (unpaired) electrons. The van der Waals surface area contributed by atoms with Crippen LogP contribution >= 0.6 is 0 Å². The van der Waals surface area contributed by atoms with Crippen LogP contribution in [0, 0.1) is 19.8 Å². The van der Waals surface area contributed by atoms with Gasteiger partial charge in [0.05, 0.1) is 12.4 Å². The molecule has 1 heterocycles. The van der Waals surface area contributed by atoms with Crippen LogP contribution in [-0.4, -0.2) is 44.0 Å². The number of hydrogen-bond donors (Lipinski definition) is 2. The lowest BCUT2D eigenvalue weighted by molar-refractivity contribution is -0.119. The van der Waals surface area contributed by atoms with Crippen LogP contribution in [0.3, 0.4) is 0 Å². The van der Waals surface area contributed by atoms with Gasteiger partial charge >= 0.3 is 0 Å². The van der Waals surface area contributed by atoms with Crippen molar-refractivity contribution in [1.82, 2.24) is 0 Å². The number of amides is 1. The van der Waals surface area contributed by atoms with Crippen molar-refractivity contribution in [2.45, 2.75) is 32.9 Å². The van der Waals surface area contributed by atoms with Gasteiger partial charge in [-0.05, 0) is 72.2 Å². The van der Waals surface area contributed by atoms with E-state index >= 15 is 0 Å². The summed E-state index contributed by atoms with van der Waals surface area (Å²) in [5, 5.41) is 9.43. The summed E-state index contributed by atoms with van der Waals surface area (Å²) < 4.78 is 23.4. The maximum absolute atomic E-state index is 12.0.